The van der Waals surface area contributed by atoms with Crippen molar-refractivity contribution in [1.82, 2.24) is 5.32 Å². The molecule has 0 aliphatic carbocycles. The lowest BCUT2D eigenvalue weighted by molar-refractivity contribution is 0.0924. The molecule has 0 aliphatic heterocycles. The molecule has 3 nitrogen and oxygen atoms in total. The van der Waals surface area contributed by atoms with E-state index in [-0.39, 0.29) is 5.91 Å². The number of nitrogens with one attached hydrogen (secondary N) is 1. The van der Waals surface area contributed by atoms with Crippen LogP contribution >= 0.6 is 43.5 Å². The third-order valence-electron chi connectivity index (χ3n) is 1.93. The molecule has 0 bridgehead atoms. The smallest absolute Gasteiger partial charge is 0.252 e. The number of amides is 1. The highest BCUT2D eigenvalue weighted by atomic mass is 79.9. The first-order valence-corrected chi connectivity index (χ1v) is 7.31. The van der Waals surface area contributed by atoms with Crippen LogP contribution in [0.2, 0.25) is 5.02 Å². The lowest BCUT2D eigenvalue weighted by Crippen LogP contribution is -2.27. The van der Waals surface area contributed by atoms with E-state index in [1.807, 2.05) is 0 Å². The molecule has 0 saturated carbocycles. The van der Waals surface area contributed by atoms with E-state index < -0.39 is 0 Å². The molecule has 1 N–H and O–H groups in total. The highest BCUT2D eigenvalue weighted by molar-refractivity contribution is 9.10. The van der Waals surface area contributed by atoms with Crippen molar-refractivity contribution in [3.8, 4) is 0 Å². The van der Waals surface area contributed by atoms with Crippen LogP contribution < -0.4 is 5.32 Å². The van der Waals surface area contributed by atoms with Crippen molar-refractivity contribution >= 4 is 49.4 Å². The number of rotatable bonds is 6. The Morgan fingerprint density at radius 1 is 1.41 bits per heavy atom. The van der Waals surface area contributed by atoms with E-state index in [0.29, 0.717) is 30.3 Å². The first kappa shape index (κ1) is 15.0. The van der Waals surface area contributed by atoms with Crippen LogP contribution in [0.5, 0.6) is 0 Å². The Labute approximate surface area is 122 Å². The zero-order valence-corrected chi connectivity index (χ0v) is 12.9. The van der Waals surface area contributed by atoms with E-state index in [0.717, 1.165) is 9.80 Å². The Kier molecular flexibility index (Phi) is 7.11. The summed E-state index contributed by atoms with van der Waals surface area (Å²) in [4.78, 5) is 11.8. The minimum absolute atomic E-state index is 0.196. The average Bonchev–Trinajstić information content (AvgIpc) is 2.32. The third-order valence-corrected chi connectivity index (χ3v) is 3.07. The molecular formula is C11H12Br2ClNO2. The third kappa shape index (κ3) is 5.38. The van der Waals surface area contributed by atoms with Gasteiger partial charge in [0, 0.05) is 16.3 Å². The minimum Gasteiger partial charge on any atom is -0.379 e. The number of hydrogen-bond donors (Lipinski definition) is 1. The monoisotopic (exact) mass is 383 g/mol. The zero-order valence-electron chi connectivity index (χ0n) is 9.01. The lowest BCUT2D eigenvalue weighted by atomic mass is 10.2. The summed E-state index contributed by atoms with van der Waals surface area (Å²) < 4.78 is 6.04. The molecular weight excluding hydrogens is 373 g/mol. The van der Waals surface area contributed by atoms with Crippen LogP contribution in [0, 0.1) is 0 Å². The van der Waals surface area contributed by atoms with Crippen molar-refractivity contribution in [2.24, 2.45) is 0 Å². The maximum atomic E-state index is 11.8. The van der Waals surface area contributed by atoms with E-state index >= 15 is 0 Å². The van der Waals surface area contributed by atoms with E-state index in [2.05, 4.69) is 37.2 Å². The molecule has 0 unspecified atom stereocenters. The molecule has 0 aliphatic rings. The highest BCUT2D eigenvalue weighted by Gasteiger charge is 2.09. The molecule has 1 aromatic rings. The van der Waals surface area contributed by atoms with Crippen LogP contribution in [0.3, 0.4) is 0 Å². The maximum Gasteiger partial charge on any atom is 0.252 e. The Morgan fingerprint density at radius 3 is 2.88 bits per heavy atom. The predicted molar refractivity (Wildman–Crippen MR) is 76.1 cm³/mol. The molecule has 1 rings (SSSR count). The van der Waals surface area contributed by atoms with Gasteiger partial charge in [0.05, 0.1) is 23.8 Å². The van der Waals surface area contributed by atoms with Gasteiger partial charge in [0.25, 0.3) is 5.91 Å². The van der Waals surface area contributed by atoms with Gasteiger partial charge in [-0.15, -0.1) is 0 Å². The second-order valence-electron chi connectivity index (χ2n) is 3.18. The zero-order chi connectivity index (χ0) is 12.7. The van der Waals surface area contributed by atoms with Crippen LogP contribution in [0.4, 0.5) is 0 Å². The molecule has 0 spiro atoms. The van der Waals surface area contributed by atoms with Gasteiger partial charge < -0.3 is 10.1 Å². The molecule has 1 amide bonds. The van der Waals surface area contributed by atoms with Crippen molar-refractivity contribution in [1.29, 1.82) is 0 Å². The van der Waals surface area contributed by atoms with Crippen LogP contribution in [0.25, 0.3) is 0 Å². The predicted octanol–water partition coefficient (Wildman–Crippen LogP) is 3.24. The molecule has 0 radical (unpaired) electrons. The van der Waals surface area contributed by atoms with Gasteiger partial charge in [-0.2, -0.15) is 0 Å². The number of carbonyl (C=O) groups is 1. The number of carbonyl (C=O) groups excluding carboxylic acids is 1. The van der Waals surface area contributed by atoms with Crippen molar-refractivity contribution in [2.75, 3.05) is 25.1 Å². The van der Waals surface area contributed by atoms with Crippen molar-refractivity contribution in [2.45, 2.75) is 0 Å². The summed E-state index contributed by atoms with van der Waals surface area (Å²) in [5.41, 5.74) is 0.460. The second kappa shape index (κ2) is 8.08. The van der Waals surface area contributed by atoms with Gasteiger partial charge in [-0.25, -0.2) is 0 Å². The highest BCUT2D eigenvalue weighted by Crippen LogP contribution is 2.20. The van der Waals surface area contributed by atoms with Crippen LogP contribution in [-0.2, 0) is 4.74 Å². The Hall–Kier alpha value is -0.100. The first-order chi connectivity index (χ1) is 8.15. The maximum absolute atomic E-state index is 11.8. The topological polar surface area (TPSA) is 38.3 Å². The van der Waals surface area contributed by atoms with Crippen molar-refractivity contribution in [3.63, 3.8) is 0 Å². The molecule has 0 atom stereocenters. The number of hydrogen-bond acceptors (Lipinski definition) is 2. The lowest BCUT2D eigenvalue weighted by Gasteiger charge is -2.07. The summed E-state index contributed by atoms with van der Waals surface area (Å²) in [5.74, 6) is -0.196. The summed E-state index contributed by atoms with van der Waals surface area (Å²) in [6.07, 6.45) is 0. The summed E-state index contributed by atoms with van der Waals surface area (Å²) in [7, 11) is 0. The van der Waals surface area contributed by atoms with Crippen molar-refractivity contribution < 1.29 is 9.53 Å². The fourth-order valence-corrected chi connectivity index (χ4v) is 1.95. The molecule has 17 heavy (non-hydrogen) atoms. The number of benzene rings is 1. The molecule has 0 fully saturated rings. The Balaban J connectivity index is 2.44. The van der Waals surface area contributed by atoms with Crippen LogP contribution in [0.15, 0.2) is 22.7 Å². The van der Waals surface area contributed by atoms with Gasteiger partial charge in [0.15, 0.2) is 0 Å². The minimum atomic E-state index is -0.196. The first-order valence-electron chi connectivity index (χ1n) is 5.02. The van der Waals surface area contributed by atoms with E-state index in [1.165, 1.54) is 0 Å². The van der Waals surface area contributed by atoms with Gasteiger partial charge in [-0.1, -0.05) is 43.5 Å². The Morgan fingerprint density at radius 2 is 2.18 bits per heavy atom. The quantitative estimate of drug-likeness (QED) is 0.603. The fourth-order valence-electron chi connectivity index (χ4n) is 1.16. The summed E-state index contributed by atoms with van der Waals surface area (Å²) in [6, 6.07) is 5.16. The Bertz CT molecular complexity index is 388. The van der Waals surface area contributed by atoms with Gasteiger partial charge in [0.1, 0.15) is 0 Å². The molecule has 0 saturated heterocycles. The van der Waals surface area contributed by atoms with E-state index in [9.17, 15) is 4.79 Å². The number of ether oxygens (including phenoxy) is 1. The molecule has 1 aromatic carbocycles. The number of halogens is 3. The van der Waals surface area contributed by atoms with Crippen molar-refractivity contribution in [3.05, 3.63) is 33.3 Å². The average molecular weight is 385 g/mol. The summed E-state index contributed by atoms with van der Waals surface area (Å²) in [6.45, 7) is 1.59. The summed E-state index contributed by atoms with van der Waals surface area (Å²) >= 11 is 12.5. The summed E-state index contributed by atoms with van der Waals surface area (Å²) in [5, 5.41) is 3.97. The fraction of sp³-hybridized carbons (Fsp3) is 0.364. The standard InChI is InChI=1S/C11H12Br2ClNO2/c12-3-5-17-6-4-15-11(16)9-7-8(13)1-2-10(9)14/h1-2,7H,3-6H2,(H,15,16). The van der Waals surface area contributed by atoms with E-state index in [4.69, 9.17) is 16.3 Å². The van der Waals surface area contributed by atoms with E-state index in [1.54, 1.807) is 18.2 Å². The number of alkyl halides is 1. The molecule has 6 heteroatoms. The van der Waals surface area contributed by atoms with Gasteiger partial charge >= 0.3 is 0 Å². The van der Waals surface area contributed by atoms with Gasteiger partial charge in [0.2, 0.25) is 0 Å². The van der Waals surface area contributed by atoms with Crippen LogP contribution in [0.1, 0.15) is 10.4 Å². The SMILES string of the molecule is O=C(NCCOCCBr)c1cc(Br)ccc1Cl. The normalized spacial score (nSPS) is 10.3. The molecule has 0 heterocycles. The van der Waals surface area contributed by atoms with Gasteiger partial charge in [-0.3, -0.25) is 4.79 Å². The van der Waals surface area contributed by atoms with Gasteiger partial charge in [-0.05, 0) is 18.2 Å². The molecule has 0 aromatic heterocycles. The second-order valence-corrected chi connectivity index (χ2v) is 5.30. The van der Waals surface area contributed by atoms with Crippen LogP contribution in [-0.4, -0.2) is 31.0 Å². The molecule has 94 valence electrons. The largest absolute Gasteiger partial charge is 0.379 e.